The normalized spacial score (nSPS) is 10.5. The van der Waals surface area contributed by atoms with Crippen LogP contribution in [0.3, 0.4) is 0 Å². The minimum atomic E-state index is -1.40. The van der Waals surface area contributed by atoms with Crippen LogP contribution in [-0.2, 0) is 36.9 Å². The number of H-pyrrole nitrogens is 2. The first-order valence-electron chi connectivity index (χ1n) is 43.7. The molecule has 8 heterocycles. The number of nitrogens with one attached hydrogen (secondary N) is 3. The number of halogens is 10. The van der Waals surface area contributed by atoms with Crippen LogP contribution < -0.4 is 44.0 Å². The smallest absolute Gasteiger partial charge is 0.480 e. The van der Waals surface area contributed by atoms with E-state index < -0.39 is 25.0 Å². The number of pyridine rings is 8. The van der Waals surface area contributed by atoms with Crippen molar-refractivity contribution in [2.45, 2.75) is 26.9 Å². The van der Waals surface area contributed by atoms with Crippen molar-refractivity contribution in [1.82, 2.24) is 39.0 Å². The number of nitrogen functional groups attached to an aromatic ring is 2. The van der Waals surface area contributed by atoms with Gasteiger partial charge in [-0.25, -0.2) is 9.59 Å². The van der Waals surface area contributed by atoms with Crippen LogP contribution in [0.15, 0.2) is 361 Å². The van der Waals surface area contributed by atoms with Gasteiger partial charge in [-0.3, -0.25) is 53.5 Å². The molecule has 146 heavy (non-hydrogen) atoms. The third kappa shape index (κ3) is 27.7. The van der Waals surface area contributed by atoms with E-state index in [1.54, 1.807) is 236 Å². The largest absolute Gasteiger partial charge is 0.490 e. The van der Waals surface area contributed by atoms with Crippen molar-refractivity contribution < 1.29 is 58.8 Å². The average Bonchev–Trinajstić information content (AvgIpc) is 0.742. The van der Waals surface area contributed by atoms with E-state index in [0.29, 0.717) is 145 Å². The van der Waals surface area contributed by atoms with Crippen LogP contribution in [0.5, 0.6) is 0 Å². The zero-order valence-electron chi connectivity index (χ0n) is 76.6. The van der Waals surface area contributed by atoms with Crippen molar-refractivity contribution in [2.24, 2.45) is 0 Å². The van der Waals surface area contributed by atoms with E-state index in [-0.39, 0.29) is 58.9 Å². The minimum absolute atomic E-state index is 0.00570. The van der Waals surface area contributed by atoms with E-state index in [0.717, 1.165) is 62.5 Å². The molecule has 0 saturated carbocycles. The summed E-state index contributed by atoms with van der Waals surface area (Å²) in [6, 6.07) is 81.5. The topological polar surface area (TPSA) is 430 Å². The number of para-hydroxylation sites is 5. The van der Waals surface area contributed by atoms with Crippen molar-refractivity contribution in [3.8, 4) is 33.4 Å². The highest BCUT2D eigenvalue weighted by molar-refractivity contribution is 14.1. The number of fused-ring (bicyclic) bond motifs is 8. The van der Waals surface area contributed by atoms with Crippen LogP contribution in [0.1, 0.15) is 34.6 Å². The summed E-state index contributed by atoms with van der Waals surface area (Å²) in [5.41, 5.74) is 24.4. The van der Waals surface area contributed by atoms with Crippen LogP contribution in [0.2, 0.25) is 25.1 Å². The molecule has 27 nitrogen and oxygen atoms in total. The first-order valence-corrected chi connectivity index (χ1v) is 50.6. The number of alkyl halides is 1. The summed E-state index contributed by atoms with van der Waals surface area (Å²) in [4.78, 5) is 129. The van der Waals surface area contributed by atoms with Crippen molar-refractivity contribution in [2.75, 3.05) is 34.4 Å². The van der Waals surface area contributed by atoms with Gasteiger partial charge in [0.25, 0.3) is 0 Å². The van der Waals surface area contributed by atoms with E-state index >= 15 is 0 Å². The van der Waals surface area contributed by atoms with Crippen molar-refractivity contribution in [1.29, 1.82) is 0 Å². The number of carboxylic acid groups (broad SMARTS) is 3. The van der Waals surface area contributed by atoms with E-state index in [4.69, 9.17) is 94.5 Å². The first-order chi connectivity index (χ1) is 70.3. The highest BCUT2D eigenvalue weighted by atomic mass is 127. The standard InChI is InChI=1S/C22H17ClN2O3.C20H13ClN2O3.C18H11ClN2O.C13H7BrClNO.C13H11BrN2O2.C7H5IO2.C6H5BrClN.C5H6BNO2.C4H7IO2/c1-2-28-19(26)13-25-18-8-4-3-7-15(18)22(27)16-9-10-17(23)20(21(16)25)14-6-5-11-24-12-14;21-15-8-7-14-19(18(15)12-4-3-9-22-10-12)23(11-17(24)25)16-6-2-1-5-13(16)20(14)26;19-14-8-7-13-17(16(14)11-4-3-9-20-10-11)21-15-6-2-1-5-12(15)18(13)22;14-11-9(15)6-5-8-12(11)16-10-4-2-1-3-7(10)13(8)17;14-12-9(15)5-3-7-11(12)16-10-6-2-1-4-8(10)13(17)18;8-6-4-2-1-3-5(6)7(9)10;7-6-4(8)2-1-3-5(6)9;8-6(9)5-2-1-3-7-4-5;1-2-7-4(6)3-5/h3-12H,2,13H2,1H3;1-10H,11H2,(H,24,25);1-10H,(H,21,22);1-6H,(H,16,17);1-7,16H,15H2,(H,17,18);1-4H,(H,9,10);1-3H,9H2;1-4,8-9H;2-3H2,1H3. The summed E-state index contributed by atoms with van der Waals surface area (Å²) >= 11 is 45.1. The number of ether oxygens (including phenoxy) is 2. The molecule has 0 amide bonds. The fourth-order valence-electron chi connectivity index (χ4n) is 14.9. The summed E-state index contributed by atoms with van der Waals surface area (Å²) in [7, 11) is -1.40. The molecule has 0 spiro atoms. The van der Waals surface area contributed by atoms with Gasteiger partial charge in [-0.15, -0.1) is 0 Å². The molecule has 0 saturated heterocycles. The van der Waals surface area contributed by atoms with Gasteiger partial charge in [-0.2, -0.15) is 0 Å². The van der Waals surface area contributed by atoms with Crippen LogP contribution in [-0.4, -0.2) is 119 Å². The SMILES string of the molecule is CCOC(=O)CI.CCOC(=O)Cn1c2ccccc2c(=O)c2ccc(Cl)c(-c3cccnc3)c21.Nc1cccc(Cl)c1Br.Nc1cccc(Nc2ccccc2C(=O)O)c1Br.O=C(O)Cn1c2ccccc2c(=O)c2ccc(Cl)c(-c3cccnc3)c21.O=C(O)c1ccccc1I.O=c1c2ccccc2[nH]c2c(-c3cccnc3)c(Cl)ccc12.O=c1c2ccccc2[nH]c2c(Br)c(Cl)ccc12.OB(O)c1cccnc1. The number of benzene rings is 12. The second-order valence-electron chi connectivity index (χ2n) is 30.8. The number of aliphatic carboxylic acids is 1. The summed E-state index contributed by atoms with van der Waals surface area (Å²) in [5.74, 6) is -3.36. The molecule has 0 aliphatic heterocycles. The van der Waals surface area contributed by atoms with Gasteiger partial charge in [0.2, 0.25) is 0 Å². The molecular formula is C108H82BBr3Cl5I2N11O16. The van der Waals surface area contributed by atoms with Crippen molar-refractivity contribution in [3.63, 3.8) is 0 Å². The molecule has 0 aliphatic carbocycles. The lowest BCUT2D eigenvalue weighted by atomic mass is 9.82. The molecule has 20 aromatic rings. The molecule has 0 fully saturated rings. The van der Waals surface area contributed by atoms with Gasteiger partial charge in [0, 0.05) is 157 Å². The highest BCUT2D eigenvalue weighted by Gasteiger charge is 2.24. The first kappa shape index (κ1) is 111. The Balaban J connectivity index is 0.000000151. The molecule has 0 bridgehead atoms. The molecule has 8 aromatic heterocycles. The van der Waals surface area contributed by atoms with E-state index in [2.05, 4.69) is 87.7 Å². The zero-order valence-corrected chi connectivity index (χ0v) is 89.5. The quantitative estimate of drug-likeness (QED) is 0.0114. The van der Waals surface area contributed by atoms with Crippen molar-refractivity contribution in [3.05, 3.63) is 423 Å². The number of aromatic nitrogens is 8. The summed E-state index contributed by atoms with van der Waals surface area (Å²) < 4.78 is 16.6. The third-order valence-electron chi connectivity index (χ3n) is 21.4. The lowest BCUT2D eigenvalue weighted by Crippen LogP contribution is -2.29. The molecule has 0 atom stereocenters. The fourth-order valence-corrected chi connectivity index (χ4v) is 17.9. The highest BCUT2D eigenvalue weighted by Crippen LogP contribution is 2.41. The third-order valence-corrected chi connectivity index (χ3v) is 27.6. The number of carboxylic acids is 3. The van der Waals surface area contributed by atoms with Crippen molar-refractivity contribution >= 4 is 303 Å². The Hall–Kier alpha value is -13.8. The Kier molecular flexibility index (Phi) is 40.5. The molecule has 12 aromatic carbocycles. The number of anilines is 4. The summed E-state index contributed by atoms with van der Waals surface area (Å²) in [6.07, 6.45) is 13.1. The monoisotopic (exact) mass is 2470 g/mol. The van der Waals surface area contributed by atoms with Crippen LogP contribution in [0.4, 0.5) is 22.7 Å². The van der Waals surface area contributed by atoms with Crippen LogP contribution >= 0.6 is 151 Å². The fraction of sp³-hybridized carbons (Fsp3) is 0.0648. The molecule has 12 N–H and O–H groups in total. The molecular weight excluding hydrogens is 2390 g/mol. The van der Waals surface area contributed by atoms with Gasteiger partial charge in [-0.05, 0) is 254 Å². The Morgan fingerprint density at radius 2 is 0.788 bits per heavy atom. The Bertz CT molecular complexity index is 8460. The second-order valence-corrected chi connectivity index (χ2v) is 37.1. The van der Waals surface area contributed by atoms with Gasteiger partial charge in [0.15, 0.2) is 21.7 Å². The number of rotatable bonds is 15. The number of aromatic amines is 2. The number of esters is 2. The number of carbonyl (C=O) groups excluding carboxylic acids is 2. The Morgan fingerprint density at radius 3 is 1.23 bits per heavy atom. The number of carbonyl (C=O) groups is 5. The number of aromatic carboxylic acids is 2. The molecule has 0 aliphatic rings. The maximum Gasteiger partial charge on any atom is 0.490 e. The van der Waals surface area contributed by atoms with E-state index in [9.17, 15) is 48.3 Å². The predicted octanol–water partition coefficient (Wildman–Crippen LogP) is 24.8. The minimum Gasteiger partial charge on any atom is -0.480 e. The maximum absolute atomic E-state index is 13.2. The number of hydrogen-bond acceptors (Lipinski definition) is 20. The van der Waals surface area contributed by atoms with Crippen LogP contribution in [0, 0.1) is 3.57 Å². The lowest BCUT2D eigenvalue weighted by Gasteiger charge is -2.18. The molecule has 738 valence electrons. The maximum atomic E-state index is 13.2. The Labute approximate surface area is 910 Å². The van der Waals surface area contributed by atoms with Gasteiger partial charge >= 0.3 is 37.0 Å². The number of nitrogens with two attached hydrogens (primary N) is 2. The van der Waals surface area contributed by atoms with E-state index in [1.165, 1.54) is 6.20 Å². The van der Waals surface area contributed by atoms with Gasteiger partial charge in [0.05, 0.1) is 112 Å². The number of hydrogen-bond donors (Lipinski definition) is 10. The summed E-state index contributed by atoms with van der Waals surface area (Å²) in [5, 5.41) is 54.5. The zero-order chi connectivity index (χ0) is 105. The average molecular weight is 2470 g/mol. The van der Waals surface area contributed by atoms with Gasteiger partial charge < -0.3 is 70.7 Å². The molecule has 0 radical (unpaired) electrons. The summed E-state index contributed by atoms with van der Waals surface area (Å²) in [6.45, 7) is 4.01. The van der Waals surface area contributed by atoms with E-state index in [1.807, 2.05) is 154 Å². The predicted molar refractivity (Wildman–Crippen MR) is 612 cm³/mol. The van der Waals surface area contributed by atoms with Crippen LogP contribution in [0.25, 0.3) is 121 Å². The Morgan fingerprint density at radius 1 is 0.397 bits per heavy atom. The lowest BCUT2D eigenvalue weighted by molar-refractivity contribution is -0.143. The second kappa shape index (κ2) is 53.3. The van der Waals surface area contributed by atoms with Gasteiger partial charge in [0.1, 0.15) is 13.1 Å². The van der Waals surface area contributed by atoms with Gasteiger partial charge in [-0.1, -0.05) is 190 Å². The number of nitrogens with zero attached hydrogens (tertiary/aromatic N) is 6. The molecule has 20 rings (SSSR count). The molecule has 0 unspecified atom stereocenters. The molecule has 38 heteroatoms.